The van der Waals surface area contributed by atoms with Gasteiger partial charge in [0.25, 0.3) is 5.91 Å². The molecule has 1 amide bonds. The van der Waals surface area contributed by atoms with Gasteiger partial charge in [0.15, 0.2) is 18.1 Å². The monoisotopic (exact) mass is 335 g/mol. The third-order valence-electron chi connectivity index (χ3n) is 3.03. The fraction of sp³-hybridized carbons (Fsp3) is 0.250. The van der Waals surface area contributed by atoms with E-state index in [0.29, 0.717) is 23.6 Å². The fourth-order valence-electron chi connectivity index (χ4n) is 1.84. The number of thiophene rings is 1. The van der Waals surface area contributed by atoms with E-state index in [4.69, 9.17) is 14.2 Å². The van der Waals surface area contributed by atoms with Crippen molar-refractivity contribution < 1.29 is 23.8 Å². The van der Waals surface area contributed by atoms with Crippen LogP contribution in [0.5, 0.6) is 11.5 Å². The molecule has 7 heteroatoms. The lowest BCUT2D eigenvalue weighted by molar-refractivity contribution is -0.124. The molecule has 2 aromatic rings. The molecule has 122 valence electrons. The molecule has 6 nitrogen and oxygen atoms in total. The predicted molar refractivity (Wildman–Crippen MR) is 86.0 cm³/mol. The first kappa shape index (κ1) is 16.8. The summed E-state index contributed by atoms with van der Waals surface area (Å²) in [6.45, 7) is -0.0167. The van der Waals surface area contributed by atoms with Crippen molar-refractivity contribution in [2.75, 3.05) is 20.8 Å². The number of carbonyl (C=O) groups is 2. The minimum Gasteiger partial charge on any atom is -0.493 e. The molecule has 23 heavy (non-hydrogen) atoms. The third-order valence-corrected chi connectivity index (χ3v) is 3.71. The lowest BCUT2D eigenvalue weighted by Crippen LogP contribution is -2.28. The second kappa shape index (κ2) is 8.19. The number of hydrogen-bond donors (Lipinski definition) is 1. The normalized spacial score (nSPS) is 10.0. The zero-order chi connectivity index (χ0) is 16.7. The van der Waals surface area contributed by atoms with E-state index in [9.17, 15) is 9.59 Å². The molecule has 2 rings (SSSR count). The summed E-state index contributed by atoms with van der Waals surface area (Å²) in [5, 5.41) is 6.12. The summed E-state index contributed by atoms with van der Waals surface area (Å²) in [7, 11) is 3.10. The van der Waals surface area contributed by atoms with E-state index >= 15 is 0 Å². The molecule has 0 unspecified atom stereocenters. The maximum Gasteiger partial charge on any atom is 0.339 e. The predicted octanol–water partition coefficient (Wildman–Crippen LogP) is 2.24. The van der Waals surface area contributed by atoms with E-state index in [1.807, 2.05) is 6.07 Å². The number of amides is 1. The maximum atomic E-state index is 11.7. The van der Waals surface area contributed by atoms with Crippen molar-refractivity contribution in [1.82, 2.24) is 5.32 Å². The third kappa shape index (κ3) is 4.72. The highest BCUT2D eigenvalue weighted by Crippen LogP contribution is 2.27. The number of esters is 1. The minimum absolute atomic E-state index is 0.301. The van der Waals surface area contributed by atoms with Gasteiger partial charge in [-0.05, 0) is 29.1 Å². The minimum atomic E-state index is -0.507. The van der Waals surface area contributed by atoms with Crippen molar-refractivity contribution in [3.63, 3.8) is 0 Å². The summed E-state index contributed by atoms with van der Waals surface area (Å²) < 4.78 is 15.3. The number of hydrogen-bond acceptors (Lipinski definition) is 6. The Hall–Kier alpha value is -2.54. The van der Waals surface area contributed by atoms with Crippen LogP contribution in [0.25, 0.3) is 0 Å². The molecule has 1 N–H and O–H groups in total. The fourth-order valence-corrected chi connectivity index (χ4v) is 2.46. The molecule has 0 aliphatic heterocycles. The van der Waals surface area contributed by atoms with Crippen molar-refractivity contribution in [1.29, 1.82) is 0 Å². The first-order chi connectivity index (χ1) is 11.1. The van der Waals surface area contributed by atoms with Gasteiger partial charge in [0.1, 0.15) is 0 Å². The van der Waals surface area contributed by atoms with Crippen molar-refractivity contribution in [2.24, 2.45) is 0 Å². The van der Waals surface area contributed by atoms with Crippen molar-refractivity contribution in [3.8, 4) is 11.5 Å². The lowest BCUT2D eigenvalue weighted by atomic mass is 10.2. The van der Waals surface area contributed by atoms with Gasteiger partial charge < -0.3 is 19.5 Å². The Kier molecular flexibility index (Phi) is 5.99. The number of ether oxygens (including phenoxy) is 3. The summed E-state index contributed by atoms with van der Waals surface area (Å²) in [5.41, 5.74) is 1.29. The topological polar surface area (TPSA) is 73.9 Å². The van der Waals surface area contributed by atoms with Crippen LogP contribution < -0.4 is 14.8 Å². The highest BCUT2D eigenvalue weighted by Gasteiger charge is 2.11. The Morgan fingerprint density at radius 1 is 1.13 bits per heavy atom. The molecule has 1 aromatic heterocycles. The number of nitrogens with one attached hydrogen (secondary N) is 1. The maximum absolute atomic E-state index is 11.7. The standard InChI is InChI=1S/C16H17NO5S/c1-20-13-4-3-11(7-14(13)21-2)8-17-15(18)9-22-16(19)12-5-6-23-10-12/h3-7,10H,8-9H2,1-2H3,(H,17,18). The van der Waals surface area contributed by atoms with Crippen LogP contribution in [0.2, 0.25) is 0 Å². The average Bonchev–Trinajstić information content (AvgIpc) is 3.12. The van der Waals surface area contributed by atoms with Gasteiger partial charge in [0.05, 0.1) is 19.8 Å². The van der Waals surface area contributed by atoms with Crippen LogP contribution in [0.1, 0.15) is 15.9 Å². The van der Waals surface area contributed by atoms with Crippen LogP contribution in [-0.2, 0) is 16.1 Å². The SMILES string of the molecule is COc1ccc(CNC(=O)COC(=O)c2ccsc2)cc1OC. The summed E-state index contributed by atoms with van der Waals surface area (Å²) >= 11 is 1.39. The van der Waals surface area contributed by atoms with E-state index in [1.165, 1.54) is 11.3 Å². The van der Waals surface area contributed by atoms with E-state index < -0.39 is 5.97 Å². The number of rotatable bonds is 7. The van der Waals surface area contributed by atoms with Gasteiger partial charge >= 0.3 is 5.97 Å². The Labute approximate surface area is 138 Å². The van der Waals surface area contributed by atoms with Crippen LogP contribution in [0, 0.1) is 0 Å². The van der Waals surface area contributed by atoms with Crippen LogP contribution >= 0.6 is 11.3 Å². The number of methoxy groups -OCH3 is 2. The first-order valence-electron chi connectivity index (χ1n) is 6.81. The van der Waals surface area contributed by atoms with E-state index in [2.05, 4.69) is 5.32 Å². The Morgan fingerprint density at radius 3 is 2.57 bits per heavy atom. The Balaban J connectivity index is 1.81. The average molecular weight is 335 g/mol. The molecule has 0 spiro atoms. The molecule has 0 aliphatic rings. The highest BCUT2D eigenvalue weighted by atomic mass is 32.1. The van der Waals surface area contributed by atoms with Gasteiger partial charge in [-0.2, -0.15) is 11.3 Å². The van der Waals surface area contributed by atoms with Crippen LogP contribution in [0.15, 0.2) is 35.0 Å². The molecule has 0 saturated heterocycles. The molecule has 0 fully saturated rings. The van der Waals surface area contributed by atoms with Crippen molar-refractivity contribution in [2.45, 2.75) is 6.54 Å². The quantitative estimate of drug-likeness (QED) is 0.786. The smallest absolute Gasteiger partial charge is 0.339 e. The lowest BCUT2D eigenvalue weighted by Gasteiger charge is -2.10. The van der Waals surface area contributed by atoms with Gasteiger partial charge in [-0.25, -0.2) is 4.79 Å². The molecule has 0 saturated carbocycles. The second-order valence-electron chi connectivity index (χ2n) is 4.55. The van der Waals surface area contributed by atoms with Crippen LogP contribution in [-0.4, -0.2) is 32.7 Å². The zero-order valence-electron chi connectivity index (χ0n) is 12.8. The van der Waals surface area contributed by atoms with Gasteiger partial charge in [0, 0.05) is 11.9 Å². The zero-order valence-corrected chi connectivity index (χ0v) is 13.6. The molecular weight excluding hydrogens is 318 g/mol. The van der Waals surface area contributed by atoms with Crippen LogP contribution in [0.4, 0.5) is 0 Å². The molecular formula is C16H17NO5S. The van der Waals surface area contributed by atoms with Crippen LogP contribution in [0.3, 0.4) is 0 Å². The first-order valence-corrected chi connectivity index (χ1v) is 7.75. The number of benzene rings is 1. The Morgan fingerprint density at radius 2 is 1.91 bits per heavy atom. The number of carbonyl (C=O) groups excluding carboxylic acids is 2. The molecule has 0 aliphatic carbocycles. The van der Waals surface area contributed by atoms with Crippen molar-refractivity contribution in [3.05, 3.63) is 46.2 Å². The van der Waals surface area contributed by atoms with Gasteiger partial charge in [-0.3, -0.25) is 4.79 Å². The van der Waals surface area contributed by atoms with E-state index in [-0.39, 0.29) is 12.5 Å². The van der Waals surface area contributed by atoms with Crippen molar-refractivity contribution >= 4 is 23.2 Å². The molecule has 0 atom stereocenters. The largest absolute Gasteiger partial charge is 0.493 e. The highest BCUT2D eigenvalue weighted by molar-refractivity contribution is 7.08. The molecule has 0 radical (unpaired) electrons. The molecule has 0 bridgehead atoms. The summed E-state index contributed by atoms with van der Waals surface area (Å²) in [4.78, 5) is 23.3. The van der Waals surface area contributed by atoms with Gasteiger partial charge in [-0.1, -0.05) is 6.07 Å². The second-order valence-corrected chi connectivity index (χ2v) is 5.33. The van der Waals surface area contributed by atoms with Gasteiger partial charge in [-0.15, -0.1) is 0 Å². The summed E-state index contributed by atoms with van der Waals surface area (Å²) in [6.07, 6.45) is 0. The van der Waals surface area contributed by atoms with E-state index in [1.54, 1.807) is 43.2 Å². The Bertz CT molecular complexity index is 669. The van der Waals surface area contributed by atoms with E-state index in [0.717, 1.165) is 5.56 Å². The summed E-state index contributed by atoms with van der Waals surface area (Å²) in [6, 6.07) is 7.00. The summed E-state index contributed by atoms with van der Waals surface area (Å²) in [5.74, 6) is 0.325. The molecule has 1 heterocycles. The molecule has 1 aromatic carbocycles. The van der Waals surface area contributed by atoms with Gasteiger partial charge in [0.2, 0.25) is 0 Å².